The predicted octanol–water partition coefficient (Wildman–Crippen LogP) is 1.28. The number of amides is 1. The van der Waals surface area contributed by atoms with Crippen LogP contribution >= 0.6 is 11.6 Å². The number of amidine groups is 1. The molecule has 2 rings (SSSR count). The number of rotatable bonds is 3. The fraction of sp³-hybridized carbons (Fsp3) is 0.429. The minimum atomic E-state index is -0.808. The van der Waals surface area contributed by atoms with Crippen molar-refractivity contribution in [2.45, 2.75) is 18.4 Å². The van der Waals surface area contributed by atoms with Gasteiger partial charge in [-0.15, -0.1) is 0 Å². The van der Waals surface area contributed by atoms with E-state index in [-0.39, 0.29) is 11.7 Å². The van der Waals surface area contributed by atoms with E-state index in [1.54, 1.807) is 24.3 Å². The lowest BCUT2D eigenvalue weighted by Gasteiger charge is -2.40. The molecule has 1 aliphatic rings. The van der Waals surface area contributed by atoms with Gasteiger partial charge in [0.25, 0.3) is 5.91 Å². The second-order valence-electron chi connectivity index (χ2n) is 5.33. The molecule has 0 spiro atoms. The van der Waals surface area contributed by atoms with Crippen molar-refractivity contribution >= 4 is 23.3 Å². The number of carbonyl (C=O) groups is 1. The Kier molecular flexibility index (Phi) is 4.69. The number of hydrogen-bond acceptors (Lipinski definition) is 4. The fourth-order valence-corrected chi connectivity index (χ4v) is 2.56. The molecule has 0 atom stereocenters. The Labute approximate surface area is 128 Å². The van der Waals surface area contributed by atoms with Gasteiger partial charge in [-0.25, -0.2) is 0 Å². The quantitative estimate of drug-likeness (QED) is 0.339. The summed E-state index contributed by atoms with van der Waals surface area (Å²) < 4.78 is 0. The van der Waals surface area contributed by atoms with Crippen LogP contribution in [0.2, 0.25) is 5.02 Å². The van der Waals surface area contributed by atoms with Gasteiger partial charge in [0.2, 0.25) is 0 Å². The monoisotopic (exact) mass is 310 g/mol. The van der Waals surface area contributed by atoms with Crippen LogP contribution < -0.4 is 11.1 Å². The number of likely N-dealkylation sites (tertiary alicyclic amines) is 1. The first-order valence-electron chi connectivity index (χ1n) is 6.71. The van der Waals surface area contributed by atoms with Gasteiger partial charge in [-0.3, -0.25) is 4.79 Å². The van der Waals surface area contributed by atoms with Crippen LogP contribution in [0.25, 0.3) is 0 Å². The van der Waals surface area contributed by atoms with E-state index in [0.29, 0.717) is 23.4 Å². The molecule has 7 heteroatoms. The Hall–Kier alpha value is -1.79. The van der Waals surface area contributed by atoms with Crippen molar-refractivity contribution in [1.29, 1.82) is 0 Å². The summed E-state index contributed by atoms with van der Waals surface area (Å²) in [5.74, 6) is -0.222. The number of carbonyl (C=O) groups excluding carboxylic acids is 1. The molecular weight excluding hydrogens is 292 g/mol. The van der Waals surface area contributed by atoms with Crippen molar-refractivity contribution in [3.05, 3.63) is 34.9 Å². The number of nitrogens with two attached hydrogens (primary N) is 1. The van der Waals surface area contributed by atoms with Crippen LogP contribution in [0.5, 0.6) is 0 Å². The van der Waals surface area contributed by atoms with Crippen LogP contribution in [0, 0.1) is 0 Å². The maximum Gasteiger partial charge on any atom is 0.252 e. The first-order chi connectivity index (χ1) is 9.97. The summed E-state index contributed by atoms with van der Waals surface area (Å²) in [6, 6.07) is 6.60. The number of nitrogens with one attached hydrogen (secondary N) is 1. The zero-order valence-electron chi connectivity index (χ0n) is 11.8. The molecule has 6 nitrogen and oxygen atoms in total. The second-order valence-corrected chi connectivity index (χ2v) is 5.77. The summed E-state index contributed by atoms with van der Waals surface area (Å²) >= 11 is 5.82. The van der Waals surface area contributed by atoms with Gasteiger partial charge in [0.1, 0.15) is 5.54 Å². The largest absolute Gasteiger partial charge is 0.409 e. The lowest BCUT2D eigenvalue weighted by Crippen LogP contribution is -2.62. The Balaban J connectivity index is 2.19. The zero-order chi connectivity index (χ0) is 15.5. The highest BCUT2D eigenvalue weighted by atomic mass is 35.5. The van der Waals surface area contributed by atoms with Crippen LogP contribution in [0.1, 0.15) is 23.2 Å². The Bertz CT molecular complexity index is 536. The topological polar surface area (TPSA) is 91.0 Å². The van der Waals surface area contributed by atoms with Gasteiger partial charge in [0.05, 0.1) is 0 Å². The molecule has 1 saturated heterocycles. The van der Waals surface area contributed by atoms with Gasteiger partial charge in [0.15, 0.2) is 5.84 Å². The molecule has 1 amide bonds. The molecule has 1 heterocycles. The summed E-state index contributed by atoms with van der Waals surface area (Å²) in [5, 5.41) is 15.6. The van der Waals surface area contributed by atoms with Crippen molar-refractivity contribution < 1.29 is 10.0 Å². The van der Waals surface area contributed by atoms with E-state index in [1.165, 1.54) is 0 Å². The van der Waals surface area contributed by atoms with Gasteiger partial charge >= 0.3 is 0 Å². The van der Waals surface area contributed by atoms with Gasteiger partial charge in [-0.2, -0.15) is 0 Å². The highest BCUT2D eigenvalue weighted by Gasteiger charge is 2.39. The van der Waals surface area contributed by atoms with Crippen LogP contribution in [-0.2, 0) is 0 Å². The number of nitrogens with zero attached hydrogens (tertiary/aromatic N) is 2. The molecule has 0 radical (unpaired) electrons. The minimum Gasteiger partial charge on any atom is -0.409 e. The lowest BCUT2D eigenvalue weighted by atomic mass is 9.86. The van der Waals surface area contributed by atoms with Crippen LogP contribution in [-0.4, -0.2) is 47.5 Å². The van der Waals surface area contributed by atoms with Crippen LogP contribution in [0.3, 0.4) is 0 Å². The Morgan fingerprint density at radius 3 is 2.48 bits per heavy atom. The van der Waals surface area contributed by atoms with E-state index in [9.17, 15) is 4.79 Å². The third kappa shape index (κ3) is 3.46. The maximum absolute atomic E-state index is 12.4. The van der Waals surface area contributed by atoms with Crippen molar-refractivity contribution in [2.75, 3.05) is 20.1 Å². The molecule has 0 aliphatic carbocycles. The molecule has 0 aromatic heterocycles. The average Bonchev–Trinajstić information content (AvgIpc) is 2.49. The van der Waals surface area contributed by atoms with Gasteiger partial charge < -0.3 is 21.2 Å². The third-order valence-electron chi connectivity index (χ3n) is 3.90. The first kappa shape index (κ1) is 15.6. The number of benzene rings is 1. The molecule has 4 N–H and O–H groups in total. The van der Waals surface area contributed by atoms with Crippen LogP contribution in [0.4, 0.5) is 0 Å². The van der Waals surface area contributed by atoms with E-state index in [0.717, 1.165) is 13.1 Å². The molecule has 1 aliphatic heterocycles. The van der Waals surface area contributed by atoms with E-state index < -0.39 is 5.54 Å². The standard InChI is InChI=1S/C14H19ClN4O2/c1-19-8-6-14(7-9-19,13(16)18-21)17-12(20)10-2-4-11(15)5-3-10/h2-5,21H,6-9H2,1H3,(H2,16,18)(H,17,20). The van der Waals surface area contributed by atoms with Gasteiger partial charge in [-0.05, 0) is 44.2 Å². The second kappa shape index (κ2) is 6.32. The lowest BCUT2D eigenvalue weighted by molar-refractivity contribution is 0.0886. The molecule has 0 bridgehead atoms. The normalized spacial score (nSPS) is 19.2. The van der Waals surface area contributed by atoms with Crippen LogP contribution in [0.15, 0.2) is 29.4 Å². The summed E-state index contributed by atoms with van der Waals surface area (Å²) in [5.41, 5.74) is 5.51. The third-order valence-corrected chi connectivity index (χ3v) is 4.15. The first-order valence-corrected chi connectivity index (χ1v) is 7.09. The molecule has 1 aromatic carbocycles. The summed E-state index contributed by atoms with van der Waals surface area (Å²) in [6.07, 6.45) is 1.19. The maximum atomic E-state index is 12.4. The van der Waals surface area contributed by atoms with E-state index in [1.807, 2.05) is 7.05 Å². The van der Waals surface area contributed by atoms with Gasteiger partial charge in [0, 0.05) is 23.7 Å². The molecule has 1 fully saturated rings. The van der Waals surface area contributed by atoms with Crippen molar-refractivity contribution in [2.24, 2.45) is 10.9 Å². The molecule has 1 aromatic rings. The Morgan fingerprint density at radius 1 is 1.38 bits per heavy atom. The molecule has 0 saturated carbocycles. The van der Waals surface area contributed by atoms with E-state index >= 15 is 0 Å². The predicted molar refractivity (Wildman–Crippen MR) is 81.8 cm³/mol. The molecule has 21 heavy (non-hydrogen) atoms. The minimum absolute atomic E-state index is 0.0397. The highest BCUT2D eigenvalue weighted by Crippen LogP contribution is 2.23. The number of hydrogen-bond donors (Lipinski definition) is 3. The number of halogens is 1. The van der Waals surface area contributed by atoms with E-state index in [4.69, 9.17) is 22.5 Å². The van der Waals surface area contributed by atoms with Crippen molar-refractivity contribution in [3.63, 3.8) is 0 Å². The van der Waals surface area contributed by atoms with Gasteiger partial charge in [-0.1, -0.05) is 16.8 Å². The highest BCUT2D eigenvalue weighted by molar-refractivity contribution is 6.30. The fourth-order valence-electron chi connectivity index (χ4n) is 2.43. The number of oxime groups is 1. The Morgan fingerprint density at radius 2 is 1.95 bits per heavy atom. The molecular formula is C14H19ClN4O2. The smallest absolute Gasteiger partial charge is 0.252 e. The number of piperidine rings is 1. The average molecular weight is 311 g/mol. The van der Waals surface area contributed by atoms with Crippen molar-refractivity contribution in [1.82, 2.24) is 10.2 Å². The zero-order valence-corrected chi connectivity index (χ0v) is 12.6. The summed E-state index contributed by atoms with van der Waals surface area (Å²) in [7, 11) is 2.00. The SMILES string of the molecule is CN1CCC(NC(=O)c2ccc(Cl)cc2)(/C(N)=N/O)CC1. The molecule has 0 unspecified atom stereocenters. The van der Waals surface area contributed by atoms with Crippen molar-refractivity contribution in [3.8, 4) is 0 Å². The summed E-state index contributed by atoms with van der Waals surface area (Å²) in [6.45, 7) is 1.52. The van der Waals surface area contributed by atoms with E-state index in [2.05, 4.69) is 15.4 Å². The molecule has 114 valence electrons. The summed E-state index contributed by atoms with van der Waals surface area (Å²) in [4.78, 5) is 14.5.